The van der Waals surface area contributed by atoms with Crippen LogP contribution in [0.5, 0.6) is 0 Å². The second kappa shape index (κ2) is 9.61. The first-order valence-electron chi connectivity index (χ1n) is 11.0. The summed E-state index contributed by atoms with van der Waals surface area (Å²) in [4.78, 5) is 24.0. The Balaban J connectivity index is 1.77. The molecule has 1 fully saturated rings. The van der Waals surface area contributed by atoms with E-state index >= 15 is 0 Å². The van der Waals surface area contributed by atoms with Crippen LogP contribution in [0.2, 0.25) is 0 Å². The molecule has 0 atom stereocenters. The molecule has 1 aliphatic rings. The molecule has 1 amide bonds. The first-order chi connectivity index (χ1) is 13.9. The number of hydrogen-bond donors (Lipinski definition) is 0. The van der Waals surface area contributed by atoms with Crippen molar-refractivity contribution in [2.75, 3.05) is 52.7 Å². The number of carbonyl (C=O) groups excluding carboxylic acids is 1. The van der Waals surface area contributed by atoms with Gasteiger partial charge in [0.25, 0.3) is 5.91 Å². The molecule has 1 saturated carbocycles. The molecule has 3 rings (SSSR count). The monoisotopic (exact) mass is 399 g/mol. The van der Waals surface area contributed by atoms with Crippen molar-refractivity contribution >= 4 is 17.4 Å². The maximum Gasteiger partial charge on any atom is 0.255 e. The minimum Gasteiger partial charge on any atom is -0.359 e. The second-order valence-electron chi connectivity index (χ2n) is 8.93. The van der Waals surface area contributed by atoms with Crippen molar-refractivity contribution in [1.29, 1.82) is 0 Å². The van der Waals surface area contributed by atoms with E-state index in [1.54, 1.807) is 0 Å². The van der Waals surface area contributed by atoms with E-state index in [1.807, 2.05) is 30.3 Å². The van der Waals surface area contributed by atoms with Crippen molar-refractivity contribution in [3.63, 3.8) is 0 Å². The van der Waals surface area contributed by atoms with E-state index in [2.05, 4.69) is 42.3 Å². The Hall–Kier alpha value is -2.08. The number of hydrogen-bond acceptors (Lipinski definition) is 4. The van der Waals surface area contributed by atoms with Crippen LogP contribution in [0, 0.1) is 12.8 Å². The number of imidazole rings is 1. The topological polar surface area (TPSA) is 44.1 Å². The van der Waals surface area contributed by atoms with Crippen LogP contribution < -0.4 is 4.90 Å². The number of carbonyl (C=O) groups is 1. The Morgan fingerprint density at radius 3 is 2.52 bits per heavy atom. The molecule has 6 nitrogen and oxygen atoms in total. The van der Waals surface area contributed by atoms with Crippen LogP contribution in [0.25, 0.3) is 5.65 Å². The van der Waals surface area contributed by atoms with Crippen molar-refractivity contribution in [2.45, 2.75) is 45.4 Å². The van der Waals surface area contributed by atoms with E-state index in [0.717, 1.165) is 54.7 Å². The minimum absolute atomic E-state index is 0.0675. The highest BCUT2D eigenvalue weighted by Crippen LogP contribution is 2.28. The summed E-state index contributed by atoms with van der Waals surface area (Å²) in [5.41, 5.74) is 2.64. The van der Waals surface area contributed by atoms with Crippen LogP contribution in [0.3, 0.4) is 0 Å². The first-order valence-corrected chi connectivity index (χ1v) is 11.0. The third-order valence-corrected chi connectivity index (χ3v) is 6.07. The lowest BCUT2D eigenvalue weighted by Gasteiger charge is -2.28. The summed E-state index contributed by atoms with van der Waals surface area (Å²) in [7, 11) is 8.16. The number of anilines is 1. The zero-order valence-corrected chi connectivity index (χ0v) is 18.8. The van der Waals surface area contributed by atoms with Crippen LogP contribution in [0.1, 0.15) is 54.6 Å². The Morgan fingerprint density at radius 2 is 1.83 bits per heavy atom. The van der Waals surface area contributed by atoms with E-state index in [1.165, 1.54) is 32.1 Å². The van der Waals surface area contributed by atoms with Crippen LogP contribution >= 0.6 is 0 Å². The molecule has 0 bridgehead atoms. The predicted molar refractivity (Wildman–Crippen MR) is 120 cm³/mol. The van der Waals surface area contributed by atoms with Gasteiger partial charge in [0.05, 0.1) is 11.3 Å². The Morgan fingerprint density at radius 1 is 1.10 bits per heavy atom. The number of aromatic nitrogens is 2. The third-order valence-electron chi connectivity index (χ3n) is 6.07. The molecule has 2 heterocycles. The van der Waals surface area contributed by atoms with Crippen LogP contribution in [0.4, 0.5) is 5.82 Å². The first kappa shape index (κ1) is 21.6. The van der Waals surface area contributed by atoms with Gasteiger partial charge < -0.3 is 14.7 Å². The van der Waals surface area contributed by atoms with Gasteiger partial charge in [-0.05, 0) is 64.9 Å². The summed E-state index contributed by atoms with van der Waals surface area (Å²) < 4.78 is 2.10. The molecule has 2 aromatic heterocycles. The average Bonchev–Trinajstić information content (AvgIpc) is 3.02. The van der Waals surface area contributed by atoms with Crippen molar-refractivity contribution in [3.05, 3.63) is 29.6 Å². The van der Waals surface area contributed by atoms with Gasteiger partial charge in [-0.15, -0.1) is 0 Å². The molecule has 0 N–H and O–H groups in total. The molecule has 0 unspecified atom stereocenters. The van der Waals surface area contributed by atoms with Gasteiger partial charge in [0, 0.05) is 33.4 Å². The maximum atomic E-state index is 12.9. The third kappa shape index (κ3) is 5.30. The zero-order valence-electron chi connectivity index (χ0n) is 18.8. The largest absolute Gasteiger partial charge is 0.359 e. The van der Waals surface area contributed by atoms with Crippen LogP contribution in [-0.4, -0.2) is 72.9 Å². The van der Waals surface area contributed by atoms with E-state index < -0.39 is 0 Å². The lowest BCUT2D eigenvalue weighted by Crippen LogP contribution is -2.30. The van der Waals surface area contributed by atoms with Crippen LogP contribution in [-0.2, 0) is 0 Å². The van der Waals surface area contributed by atoms with E-state index in [9.17, 15) is 4.79 Å². The molecule has 0 radical (unpaired) electrons. The molecule has 29 heavy (non-hydrogen) atoms. The van der Waals surface area contributed by atoms with Crippen molar-refractivity contribution < 1.29 is 4.79 Å². The van der Waals surface area contributed by atoms with Crippen molar-refractivity contribution in [3.8, 4) is 0 Å². The zero-order chi connectivity index (χ0) is 21.0. The van der Waals surface area contributed by atoms with Gasteiger partial charge in [0.1, 0.15) is 11.5 Å². The molecule has 0 aromatic carbocycles. The standard InChI is InChI=1S/C23H37N5O/c1-18-22(27(5)16-19-10-7-6-8-11-19)28-17-20(12-13-21(28)24-18)23(29)26(4)15-9-14-25(2)3/h12-13,17,19H,6-11,14-16H2,1-5H3. The van der Waals surface area contributed by atoms with Gasteiger partial charge >= 0.3 is 0 Å². The smallest absolute Gasteiger partial charge is 0.255 e. The Labute approximate surface area is 175 Å². The second-order valence-corrected chi connectivity index (χ2v) is 8.93. The molecule has 0 spiro atoms. The highest BCUT2D eigenvalue weighted by Gasteiger charge is 2.20. The number of pyridine rings is 1. The van der Waals surface area contributed by atoms with E-state index in [-0.39, 0.29) is 5.91 Å². The molecule has 0 saturated heterocycles. The summed E-state index contributed by atoms with van der Waals surface area (Å²) in [6.07, 6.45) is 9.66. The van der Waals surface area contributed by atoms with Crippen LogP contribution in [0.15, 0.2) is 18.3 Å². The number of rotatable bonds is 8. The van der Waals surface area contributed by atoms with Gasteiger partial charge in [0.2, 0.25) is 0 Å². The fourth-order valence-electron chi connectivity index (χ4n) is 4.53. The molecule has 160 valence electrons. The molecular weight excluding hydrogens is 362 g/mol. The van der Waals surface area contributed by atoms with E-state index in [4.69, 9.17) is 4.98 Å². The SMILES string of the molecule is Cc1nc2ccc(C(=O)N(C)CCCN(C)C)cn2c1N(C)CC1CCCCC1. The van der Waals surface area contributed by atoms with Gasteiger partial charge in [-0.1, -0.05) is 19.3 Å². The Kier molecular flexibility index (Phi) is 7.17. The predicted octanol–water partition coefficient (Wildman–Crippen LogP) is 3.68. The van der Waals surface area contributed by atoms with Crippen molar-refractivity contribution in [2.24, 2.45) is 5.92 Å². The molecule has 1 aliphatic carbocycles. The number of amides is 1. The normalized spacial score (nSPS) is 15.2. The molecule has 6 heteroatoms. The fraction of sp³-hybridized carbons (Fsp3) is 0.652. The summed E-state index contributed by atoms with van der Waals surface area (Å²) in [5, 5.41) is 0. The molecular formula is C23H37N5O. The summed E-state index contributed by atoms with van der Waals surface area (Å²) in [6, 6.07) is 3.86. The number of aryl methyl sites for hydroxylation is 1. The molecule has 0 aliphatic heterocycles. The lowest BCUT2D eigenvalue weighted by molar-refractivity contribution is 0.0790. The maximum absolute atomic E-state index is 12.9. The highest BCUT2D eigenvalue weighted by molar-refractivity contribution is 5.94. The minimum atomic E-state index is 0.0675. The summed E-state index contributed by atoms with van der Waals surface area (Å²) >= 11 is 0. The molecule has 2 aromatic rings. The Bertz CT molecular complexity index is 822. The average molecular weight is 400 g/mol. The fourth-order valence-corrected chi connectivity index (χ4v) is 4.53. The van der Waals surface area contributed by atoms with E-state index in [0.29, 0.717) is 0 Å². The number of fused-ring (bicyclic) bond motifs is 1. The van der Waals surface area contributed by atoms with Crippen molar-refractivity contribution in [1.82, 2.24) is 19.2 Å². The van der Waals surface area contributed by atoms with Gasteiger partial charge in [-0.2, -0.15) is 0 Å². The van der Waals surface area contributed by atoms with Gasteiger partial charge in [-0.3, -0.25) is 9.20 Å². The number of nitrogens with zero attached hydrogens (tertiary/aromatic N) is 5. The summed E-state index contributed by atoms with van der Waals surface area (Å²) in [6.45, 7) is 4.85. The summed E-state index contributed by atoms with van der Waals surface area (Å²) in [5.74, 6) is 1.93. The highest BCUT2D eigenvalue weighted by atomic mass is 16.2. The quantitative estimate of drug-likeness (QED) is 0.679. The lowest BCUT2D eigenvalue weighted by atomic mass is 9.89. The van der Waals surface area contributed by atoms with Gasteiger partial charge in [0.15, 0.2) is 0 Å². The van der Waals surface area contributed by atoms with Gasteiger partial charge in [-0.25, -0.2) is 4.98 Å².